The molecule has 10 amide bonds. The van der Waals surface area contributed by atoms with Gasteiger partial charge in [0, 0.05) is 135 Å². The number of rotatable bonds is 20. The van der Waals surface area contributed by atoms with Crippen molar-refractivity contribution in [2.75, 3.05) is 51.2 Å². The highest BCUT2D eigenvalue weighted by Gasteiger charge is 2.41. The number of aliphatic hydroxyl groups is 1. The maximum Gasteiger partial charge on any atom is 0.254 e. The van der Waals surface area contributed by atoms with Gasteiger partial charge < -0.3 is 77.6 Å². The van der Waals surface area contributed by atoms with E-state index in [0.29, 0.717) is 47.3 Å². The minimum absolute atomic E-state index is 0.0925. The van der Waals surface area contributed by atoms with E-state index >= 15 is 0 Å². The summed E-state index contributed by atoms with van der Waals surface area (Å²) in [6.45, 7) is 13.2. The van der Waals surface area contributed by atoms with Gasteiger partial charge in [0.25, 0.3) is 5.91 Å². The number of fused-ring (bicyclic) bond motifs is 6. The van der Waals surface area contributed by atoms with Crippen molar-refractivity contribution in [3.8, 4) is 22.5 Å². The number of nitrogens with two attached hydrogens (primary N) is 2. The summed E-state index contributed by atoms with van der Waals surface area (Å²) < 4.78 is 10.5. The number of hydrogen-bond acceptors (Lipinski definition) is 16. The number of benzene rings is 4. The third-order valence-corrected chi connectivity index (χ3v) is 19.3. The molecule has 1 saturated heterocycles. The summed E-state index contributed by atoms with van der Waals surface area (Å²) in [5, 5.41) is 38.2. The van der Waals surface area contributed by atoms with Crippen molar-refractivity contribution in [2.45, 2.75) is 160 Å². The van der Waals surface area contributed by atoms with Crippen molar-refractivity contribution >= 4 is 86.6 Å². The topological polar surface area (TPSA) is 416 Å². The summed E-state index contributed by atoms with van der Waals surface area (Å²) in [5.74, 6) is -7.61. The number of primary amides is 2. The standard InChI is InChI=1S/C74H92N18O12/c1-7-89(8-2)47-26-28-52-61(36-47)104-62-37-48(90(9-3)10-4)27-29-53(62)65(52)50-20-11-12-21-51(50)73(102)88(6)30-18-25-64(95)80-56-35-46-41-91(87-86-46)31-16-15-23-55(67(76)96)81-71(100)60-24-17-32-92(60)74(103)59(33-44-39-78-54-22-14-13-19-49(44)54)84-69(98)58(38-63(75)94)82-68(97)57(34-45-40-77-42-79-45)83-72(101)66(43(5)93)85-70(56)99/h11-14,19-22,26-29,36-37,39-43,55-60,66,78,93H,7-10,15-18,23-25,30-35,38H2,1-6H3,(H10-,75,76,77,79,80,81,82,83,84,85,94,95,96,97,98,99,100,101)/p+1/t43-,55+,56+,57+,58+,59+,60+,66+/m1/s1. The van der Waals surface area contributed by atoms with Crippen LogP contribution in [0.15, 0.2) is 114 Å². The number of nitrogens with zero attached hydrogens (tertiary/aromatic N) is 8. The average Bonchev–Trinajstić information content (AvgIpc) is 0.768. The molecule has 550 valence electrons. The van der Waals surface area contributed by atoms with Gasteiger partial charge in [-0.05, 0) is 115 Å². The van der Waals surface area contributed by atoms with E-state index in [1.807, 2.05) is 54.6 Å². The van der Waals surface area contributed by atoms with Crippen LogP contribution in [0.25, 0.3) is 44.3 Å². The Morgan fingerprint density at radius 3 is 2.23 bits per heavy atom. The van der Waals surface area contributed by atoms with Crippen LogP contribution < -0.4 is 58.2 Å². The van der Waals surface area contributed by atoms with Crippen molar-refractivity contribution in [3.63, 3.8) is 0 Å². The molecule has 0 spiro atoms. The molecule has 0 unspecified atom stereocenters. The van der Waals surface area contributed by atoms with Gasteiger partial charge in [0.2, 0.25) is 58.5 Å². The van der Waals surface area contributed by atoms with Gasteiger partial charge in [-0.2, -0.15) is 0 Å². The van der Waals surface area contributed by atoms with Crippen LogP contribution in [-0.4, -0.2) is 199 Å². The quantitative estimate of drug-likeness (QED) is 0.0384. The highest BCUT2D eigenvalue weighted by Crippen LogP contribution is 2.42. The normalized spacial score (nSPS) is 20.1. The second kappa shape index (κ2) is 34.6. The molecule has 1 fully saturated rings. The first kappa shape index (κ1) is 75.4. The van der Waals surface area contributed by atoms with Crippen molar-refractivity contribution < 1.29 is 57.5 Å². The smallest absolute Gasteiger partial charge is 0.254 e. The first-order valence-corrected chi connectivity index (χ1v) is 35.5. The number of para-hydroxylation sites is 1. The molecule has 1 aliphatic carbocycles. The second-order valence-electron chi connectivity index (χ2n) is 26.4. The lowest BCUT2D eigenvalue weighted by atomic mass is 9.90. The molecule has 104 heavy (non-hydrogen) atoms. The third-order valence-electron chi connectivity index (χ3n) is 19.3. The molecule has 30 heteroatoms. The van der Waals surface area contributed by atoms with Crippen LogP contribution in [0.5, 0.6) is 0 Å². The van der Waals surface area contributed by atoms with Crippen LogP contribution in [0.1, 0.15) is 113 Å². The molecule has 3 aromatic carbocycles. The minimum Gasteiger partial charge on any atom is -0.456 e. The number of anilines is 1. The van der Waals surface area contributed by atoms with Gasteiger partial charge in [0.1, 0.15) is 66.7 Å². The Bertz CT molecular complexity index is 4480. The number of aromatic nitrogens is 6. The molecule has 6 heterocycles. The molecule has 6 aromatic rings. The van der Waals surface area contributed by atoms with Gasteiger partial charge in [-0.3, -0.25) is 52.6 Å². The molecule has 0 saturated carbocycles. The van der Waals surface area contributed by atoms with Gasteiger partial charge in [-0.1, -0.05) is 41.6 Å². The van der Waals surface area contributed by atoms with E-state index < -0.39 is 108 Å². The Hall–Kier alpha value is -11.3. The summed E-state index contributed by atoms with van der Waals surface area (Å²) in [7, 11) is 1.64. The van der Waals surface area contributed by atoms with Crippen molar-refractivity contribution in [3.05, 3.63) is 138 Å². The lowest BCUT2D eigenvalue weighted by Crippen LogP contribution is -2.62. The van der Waals surface area contributed by atoms with Crippen LogP contribution >= 0.6 is 0 Å². The predicted molar refractivity (Wildman–Crippen MR) is 387 cm³/mol. The zero-order chi connectivity index (χ0) is 74.3. The van der Waals surface area contributed by atoms with E-state index in [4.69, 9.17) is 15.9 Å². The van der Waals surface area contributed by atoms with E-state index in [9.17, 15) is 53.1 Å². The van der Waals surface area contributed by atoms with E-state index in [2.05, 4.69) is 106 Å². The Morgan fingerprint density at radius 2 is 1.50 bits per heavy atom. The number of carbonyl (C=O) groups excluding carboxylic acids is 10. The SMILES string of the molecule is CCN(CC)c1ccc2c(-c3ccccc3C(=O)N(C)CCCC(=O)N[C@H]3Cc4cn(nn4)CCCC[C@@H](C(N)=O)NC(=O)[C@@H]4CCCN4C(=O)[C@H](Cc4c[nH]c5ccccc45)NC(=O)[C@H](CC(N)=O)NC(=O)[C@H](Cc4c[nH]cn4)NC(=O)[C@H]([C@@H](C)O)NC3=O)c3ccc(=[N+](CC)CC)cc-3oc2c1. The molecule has 13 N–H and O–H groups in total. The number of H-pyrrole nitrogens is 2. The summed E-state index contributed by atoms with van der Waals surface area (Å²) >= 11 is 0. The Balaban J connectivity index is 0.904. The maximum atomic E-state index is 14.9. The van der Waals surface area contributed by atoms with Crippen LogP contribution in [0.2, 0.25) is 0 Å². The monoisotopic (exact) mass is 1430 g/mol. The number of aryl methyl sites for hydroxylation is 1. The number of hydrogen-bond donors (Lipinski definition) is 11. The Labute approximate surface area is 600 Å². The largest absolute Gasteiger partial charge is 0.456 e. The van der Waals surface area contributed by atoms with Crippen LogP contribution in [0, 0.1) is 0 Å². The van der Waals surface area contributed by atoms with E-state index in [1.165, 1.54) is 33.9 Å². The first-order chi connectivity index (χ1) is 50.1. The number of imidazole rings is 1. The highest BCUT2D eigenvalue weighted by molar-refractivity contribution is 6.09. The number of nitrogens with one attached hydrogen (secondary N) is 8. The Morgan fingerprint density at radius 1 is 0.760 bits per heavy atom. The average molecular weight is 1430 g/mol. The zero-order valence-electron chi connectivity index (χ0n) is 59.4. The predicted octanol–water partition coefficient (Wildman–Crippen LogP) is 2.06. The lowest BCUT2D eigenvalue weighted by molar-refractivity contribution is -0.142. The molecule has 10 rings (SSSR count). The highest BCUT2D eigenvalue weighted by atomic mass is 16.3. The Kier molecular flexibility index (Phi) is 25.1. The van der Waals surface area contributed by atoms with Gasteiger partial charge in [0.15, 0.2) is 0 Å². The number of amides is 10. The van der Waals surface area contributed by atoms with E-state index in [-0.39, 0.29) is 81.9 Å². The van der Waals surface area contributed by atoms with Crippen LogP contribution in [0.4, 0.5) is 5.69 Å². The molecule has 4 aliphatic rings. The van der Waals surface area contributed by atoms with Crippen molar-refractivity contribution in [1.82, 2.24) is 76.2 Å². The van der Waals surface area contributed by atoms with E-state index in [1.54, 1.807) is 37.6 Å². The molecular weight excluding hydrogens is 1330 g/mol. The third kappa shape index (κ3) is 18.1. The second-order valence-corrected chi connectivity index (χ2v) is 26.4. The lowest BCUT2D eigenvalue weighted by Gasteiger charge is -2.31. The minimum atomic E-state index is -1.81. The number of aliphatic hydroxyl groups excluding tert-OH is 1. The van der Waals surface area contributed by atoms with Gasteiger partial charge >= 0.3 is 0 Å². The maximum absolute atomic E-state index is 14.9. The first-order valence-electron chi connectivity index (χ1n) is 35.5. The van der Waals surface area contributed by atoms with Crippen LogP contribution in [0.3, 0.4) is 0 Å². The van der Waals surface area contributed by atoms with Gasteiger partial charge in [0.05, 0.1) is 36.3 Å². The number of carbonyl (C=O) groups is 10. The fourth-order valence-electron chi connectivity index (χ4n) is 13.7. The molecule has 8 atom stereocenters. The number of aromatic amines is 2. The molecule has 0 radical (unpaired) electrons. The van der Waals surface area contributed by atoms with Gasteiger partial charge in [-0.15, -0.1) is 5.10 Å². The summed E-state index contributed by atoms with van der Waals surface area (Å²) in [6, 6.07) is 16.5. The fraction of sp³-hybridized carbons (Fsp3) is 0.432. The molecule has 30 nitrogen and oxygen atoms in total. The van der Waals surface area contributed by atoms with Crippen molar-refractivity contribution in [1.29, 1.82) is 0 Å². The summed E-state index contributed by atoms with van der Waals surface area (Å²) in [6.07, 6.45) is 4.09. The molecule has 3 aromatic heterocycles. The molecule has 2 bridgehead atoms. The van der Waals surface area contributed by atoms with Crippen molar-refractivity contribution in [2.24, 2.45) is 11.5 Å². The summed E-state index contributed by atoms with van der Waals surface area (Å²) in [5.41, 5.74) is 17.7. The summed E-state index contributed by atoms with van der Waals surface area (Å²) in [4.78, 5) is 158. The molecule has 3 aliphatic heterocycles. The van der Waals surface area contributed by atoms with Gasteiger partial charge in [-0.25, -0.2) is 9.56 Å². The fourth-order valence-corrected chi connectivity index (χ4v) is 13.7. The van der Waals surface area contributed by atoms with E-state index in [0.717, 1.165) is 64.6 Å². The zero-order valence-corrected chi connectivity index (χ0v) is 59.4. The van der Waals surface area contributed by atoms with Crippen LogP contribution in [-0.2, 0) is 69.0 Å². The molecular formula is C74H93N18O12+.